The summed E-state index contributed by atoms with van der Waals surface area (Å²) in [6.45, 7) is 2.21. The first-order valence-corrected chi connectivity index (χ1v) is 6.52. The second-order valence-electron chi connectivity index (χ2n) is 4.74. The van der Waals surface area contributed by atoms with Crippen molar-refractivity contribution in [3.63, 3.8) is 0 Å². The van der Waals surface area contributed by atoms with Crippen LogP contribution in [0.2, 0.25) is 0 Å². The number of hydrogen-bond donors (Lipinski definition) is 2. The Morgan fingerprint density at radius 1 is 1.53 bits per heavy atom. The fourth-order valence-corrected chi connectivity index (χ4v) is 2.24. The Morgan fingerprint density at radius 3 is 3.00 bits per heavy atom. The summed E-state index contributed by atoms with van der Waals surface area (Å²) >= 11 is 0. The van der Waals surface area contributed by atoms with E-state index >= 15 is 0 Å². The number of nitrogens with one attached hydrogen (secondary N) is 1. The third kappa shape index (κ3) is 3.94. The summed E-state index contributed by atoms with van der Waals surface area (Å²) in [6, 6.07) is 7.35. The number of aliphatic hydroxyl groups is 1. The van der Waals surface area contributed by atoms with Crippen molar-refractivity contribution in [2.45, 2.75) is 18.9 Å². The Kier molecular flexibility index (Phi) is 4.76. The van der Waals surface area contributed by atoms with Gasteiger partial charge in [-0.3, -0.25) is 4.79 Å². The Bertz CT molecular complexity index is 436. The molecule has 2 N–H and O–H groups in total. The Morgan fingerprint density at radius 2 is 2.32 bits per heavy atom. The van der Waals surface area contributed by atoms with Crippen molar-refractivity contribution >= 4 is 11.6 Å². The third-order valence-corrected chi connectivity index (χ3v) is 3.28. The average Bonchev–Trinajstić information content (AvgIpc) is 2.83. The number of methoxy groups -OCH3 is 1. The van der Waals surface area contributed by atoms with Crippen molar-refractivity contribution in [1.29, 1.82) is 0 Å². The van der Waals surface area contributed by atoms with Gasteiger partial charge in [0.1, 0.15) is 5.75 Å². The molecule has 5 heteroatoms. The number of hydrogen-bond acceptors (Lipinski definition) is 4. The molecule has 1 aliphatic heterocycles. The summed E-state index contributed by atoms with van der Waals surface area (Å²) in [6.07, 6.45) is 0.982. The molecule has 0 aliphatic carbocycles. The zero-order valence-electron chi connectivity index (χ0n) is 11.1. The summed E-state index contributed by atoms with van der Waals surface area (Å²) in [4.78, 5) is 14.0. The van der Waals surface area contributed by atoms with Gasteiger partial charge in [-0.2, -0.15) is 0 Å². The number of para-hydroxylation sites is 2. The van der Waals surface area contributed by atoms with Gasteiger partial charge in [0.15, 0.2) is 0 Å². The number of aliphatic hydroxyl groups excluding tert-OH is 1. The van der Waals surface area contributed by atoms with Crippen LogP contribution in [0.15, 0.2) is 24.3 Å². The highest BCUT2D eigenvalue weighted by molar-refractivity contribution is 5.92. The van der Waals surface area contributed by atoms with Crippen LogP contribution in [-0.2, 0) is 4.79 Å². The lowest BCUT2D eigenvalue weighted by atomic mass is 10.2. The van der Waals surface area contributed by atoms with Crippen molar-refractivity contribution < 1.29 is 14.6 Å². The van der Waals surface area contributed by atoms with Crippen LogP contribution in [0, 0.1) is 0 Å². The minimum absolute atomic E-state index is 0.0362. The largest absolute Gasteiger partial charge is 0.495 e. The molecule has 1 amide bonds. The van der Waals surface area contributed by atoms with E-state index in [0.29, 0.717) is 30.9 Å². The van der Waals surface area contributed by atoms with Crippen molar-refractivity contribution in [3.8, 4) is 5.75 Å². The number of nitrogens with zero attached hydrogens (tertiary/aromatic N) is 1. The molecule has 0 saturated carbocycles. The molecule has 1 aromatic carbocycles. The number of carbonyl (C=O) groups is 1. The number of carbonyl (C=O) groups excluding carboxylic acids is 1. The van der Waals surface area contributed by atoms with Crippen LogP contribution in [0.1, 0.15) is 12.8 Å². The molecule has 2 rings (SSSR count). The molecule has 1 heterocycles. The van der Waals surface area contributed by atoms with Gasteiger partial charge in [-0.1, -0.05) is 12.1 Å². The summed E-state index contributed by atoms with van der Waals surface area (Å²) in [7, 11) is 1.58. The number of β-amino-alcohol motifs (C(OH)–C–C–N with tert-alkyl or cyclic N) is 1. The summed E-state index contributed by atoms with van der Waals surface area (Å²) in [5.41, 5.74) is 0.691. The molecule has 0 bridgehead atoms. The van der Waals surface area contributed by atoms with Crippen molar-refractivity contribution in [2.24, 2.45) is 0 Å². The van der Waals surface area contributed by atoms with Gasteiger partial charge in [0.05, 0.1) is 18.9 Å². The molecule has 1 fully saturated rings. The van der Waals surface area contributed by atoms with Crippen LogP contribution < -0.4 is 10.1 Å². The zero-order chi connectivity index (χ0) is 13.7. The highest BCUT2D eigenvalue weighted by Gasteiger charge is 2.20. The number of anilines is 1. The van der Waals surface area contributed by atoms with Gasteiger partial charge in [0, 0.05) is 26.1 Å². The van der Waals surface area contributed by atoms with E-state index in [-0.39, 0.29) is 12.0 Å². The van der Waals surface area contributed by atoms with Gasteiger partial charge in [-0.05, 0) is 18.6 Å². The van der Waals surface area contributed by atoms with E-state index in [9.17, 15) is 9.90 Å². The number of benzene rings is 1. The quantitative estimate of drug-likeness (QED) is 0.835. The van der Waals surface area contributed by atoms with E-state index < -0.39 is 0 Å². The second kappa shape index (κ2) is 6.54. The van der Waals surface area contributed by atoms with E-state index in [0.717, 1.165) is 13.0 Å². The fourth-order valence-electron chi connectivity index (χ4n) is 2.24. The lowest BCUT2D eigenvalue weighted by molar-refractivity contribution is -0.116. The van der Waals surface area contributed by atoms with E-state index in [1.54, 1.807) is 7.11 Å². The Hall–Kier alpha value is -1.59. The van der Waals surface area contributed by atoms with Gasteiger partial charge >= 0.3 is 0 Å². The van der Waals surface area contributed by atoms with Crippen LogP contribution in [0.25, 0.3) is 0 Å². The first kappa shape index (κ1) is 13.8. The molecule has 1 aliphatic rings. The van der Waals surface area contributed by atoms with Gasteiger partial charge in [-0.25, -0.2) is 0 Å². The minimum atomic E-state index is -0.239. The molecular formula is C14H20N2O3. The van der Waals surface area contributed by atoms with Crippen LogP contribution in [0.4, 0.5) is 5.69 Å². The SMILES string of the molecule is COc1ccccc1NC(=O)CCN1CCC(O)C1. The lowest BCUT2D eigenvalue weighted by Crippen LogP contribution is -2.26. The van der Waals surface area contributed by atoms with Gasteiger partial charge < -0.3 is 20.1 Å². The number of likely N-dealkylation sites (tertiary alicyclic amines) is 1. The monoisotopic (exact) mass is 264 g/mol. The minimum Gasteiger partial charge on any atom is -0.495 e. The molecular weight excluding hydrogens is 244 g/mol. The summed E-state index contributed by atoms with van der Waals surface area (Å²) < 4.78 is 5.18. The normalized spacial score (nSPS) is 19.4. The molecule has 1 saturated heterocycles. The second-order valence-corrected chi connectivity index (χ2v) is 4.74. The molecule has 0 aromatic heterocycles. The summed E-state index contributed by atoms with van der Waals surface area (Å²) in [5.74, 6) is 0.623. The zero-order valence-corrected chi connectivity index (χ0v) is 11.1. The molecule has 1 aromatic rings. The number of amides is 1. The van der Waals surface area contributed by atoms with Gasteiger partial charge in [0.25, 0.3) is 0 Å². The smallest absolute Gasteiger partial charge is 0.225 e. The van der Waals surface area contributed by atoms with E-state index in [2.05, 4.69) is 10.2 Å². The molecule has 0 radical (unpaired) electrons. The van der Waals surface area contributed by atoms with Crippen molar-refractivity contribution in [1.82, 2.24) is 4.90 Å². The van der Waals surface area contributed by atoms with E-state index in [1.165, 1.54) is 0 Å². The molecule has 5 nitrogen and oxygen atoms in total. The molecule has 1 atom stereocenters. The highest BCUT2D eigenvalue weighted by Crippen LogP contribution is 2.23. The number of rotatable bonds is 5. The topological polar surface area (TPSA) is 61.8 Å². The Labute approximate surface area is 113 Å². The first-order valence-electron chi connectivity index (χ1n) is 6.52. The molecule has 19 heavy (non-hydrogen) atoms. The predicted molar refractivity (Wildman–Crippen MR) is 73.3 cm³/mol. The fraction of sp³-hybridized carbons (Fsp3) is 0.500. The molecule has 0 spiro atoms. The van der Waals surface area contributed by atoms with Crippen LogP contribution in [-0.4, -0.2) is 48.8 Å². The maximum absolute atomic E-state index is 11.9. The maximum atomic E-state index is 11.9. The van der Waals surface area contributed by atoms with Crippen LogP contribution in [0.3, 0.4) is 0 Å². The summed E-state index contributed by atoms with van der Waals surface area (Å²) in [5, 5.41) is 12.3. The van der Waals surface area contributed by atoms with Crippen molar-refractivity contribution in [2.75, 3.05) is 32.1 Å². The van der Waals surface area contributed by atoms with Gasteiger partial charge in [0.2, 0.25) is 5.91 Å². The number of ether oxygens (including phenoxy) is 1. The molecule has 104 valence electrons. The average molecular weight is 264 g/mol. The van der Waals surface area contributed by atoms with Crippen molar-refractivity contribution in [3.05, 3.63) is 24.3 Å². The van der Waals surface area contributed by atoms with E-state index in [1.807, 2.05) is 24.3 Å². The van der Waals surface area contributed by atoms with Gasteiger partial charge in [-0.15, -0.1) is 0 Å². The van der Waals surface area contributed by atoms with E-state index in [4.69, 9.17) is 4.74 Å². The Balaban J connectivity index is 1.81. The maximum Gasteiger partial charge on any atom is 0.225 e. The highest BCUT2D eigenvalue weighted by atomic mass is 16.5. The predicted octanol–water partition coefficient (Wildman–Crippen LogP) is 1.09. The van der Waals surface area contributed by atoms with Crippen LogP contribution >= 0.6 is 0 Å². The van der Waals surface area contributed by atoms with Crippen LogP contribution in [0.5, 0.6) is 5.75 Å². The molecule has 1 unspecified atom stereocenters. The third-order valence-electron chi connectivity index (χ3n) is 3.28. The standard InChI is InChI=1S/C14H20N2O3/c1-19-13-5-3-2-4-12(13)15-14(18)7-9-16-8-6-11(17)10-16/h2-5,11,17H,6-10H2,1H3,(H,15,18). The first-order chi connectivity index (χ1) is 9.19. The lowest BCUT2D eigenvalue weighted by Gasteiger charge is -2.15.